The molecule has 0 spiro atoms. The van der Waals surface area contributed by atoms with Gasteiger partial charge in [0.2, 0.25) is 11.8 Å². The first kappa shape index (κ1) is 17.4. The number of benzene rings is 1. The van der Waals surface area contributed by atoms with Crippen LogP contribution < -0.4 is 5.32 Å². The third-order valence-corrected chi connectivity index (χ3v) is 4.72. The standard InChI is InChI=1S/C19H20N2O3S/c22-18(8-7-17-2-1-13-25-17)20-16-5-3-15(4-6-16)14-19(23)21-9-11-24-12-10-21/h1-8,13H,9-12,14H2,(H,20,22)/b8-7+. The van der Waals surface area contributed by atoms with Gasteiger partial charge in [0.25, 0.3) is 0 Å². The van der Waals surface area contributed by atoms with Crippen LogP contribution in [0.15, 0.2) is 47.9 Å². The van der Waals surface area contributed by atoms with E-state index in [1.165, 1.54) is 6.08 Å². The fourth-order valence-electron chi connectivity index (χ4n) is 2.53. The molecular weight excluding hydrogens is 336 g/mol. The summed E-state index contributed by atoms with van der Waals surface area (Å²) in [5.41, 5.74) is 1.65. The van der Waals surface area contributed by atoms with Crippen LogP contribution in [0.2, 0.25) is 0 Å². The molecule has 3 rings (SSSR count). The van der Waals surface area contributed by atoms with Crippen molar-refractivity contribution in [2.45, 2.75) is 6.42 Å². The van der Waals surface area contributed by atoms with E-state index in [9.17, 15) is 9.59 Å². The van der Waals surface area contributed by atoms with Crippen LogP contribution in [0.25, 0.3) is 6.08 Å². The van der Waals surface area contributed by atoms with Crippen LogP contribution in [0, 0.1) is 0 Å². The van der Waals surface area contributed by atoms with Crippen molar-refractivity contribution in [1.29, 1.82) is 0 Å². The SMILES string of the molecule is O=C(/C=C/c1cccs1)Nc1ccc(CC(=O)N2CCOCC2)cc1. The van der Waals surface area contributed by atoms with Gasteiger partial charge in [0.15, 0.2) is 0 Å². The molecule has 5 nitrogen and oxygen atoms in total. The molecule has 1 saturated heterocycles. The quantitative estimate of drug-likeness (QED) is 0.838. The lowest BCUT2D eigenvalue weighted by molar-refractivity contribution is -0.134. The molecule has 0 radical (unpaired) electrons. The molecule has 1 aromatic carbocycles. The minimum Gasteiger partial charge on any atom is -0.378 e. The zero-order chi connectivity index (χ0) is 17.5. The fourth-order valence-corrected chi connectivity index (χ4v) is 3.15. The van der Waals surface area contributed by atoms with Gasteiger partial charge in [-0.05, 0) is 35.2 Å². The van der Waals surface area contributed by atoms with Gasteiger partial charge in [-0.25, -0.2) is 0 Å². The van der Waals surface area contributed by atoms with E-state index >= 15 is 0 Å². The largest absolute Gasteiger partial charge is 0.378 e. The van der Waals surface area contributed by atoms with E-state index in [1.807, 2.05) is 46.7 Å². The molecule has 1 fully saturated rings. The van der Waals surface area contributed by atoms with Gasteiger partial charge in [0.05, 0.1) is 19.6 Å². The van der Waals surface area contributed by atoms with Gasteiger partial charge in [-0.1, -0.05) is 18.2 Å². The summed E-state index contributed by atoms with van der Waals surface area (Å²) in [6.45, 7) is 2.53. The fraction of sp³-hybridized carbons (Fsp3) is 0.263. The van der Waals surface area contributed by atoms with Crippen LogP contribution in [-0.2, 0) is 20.7 Å². The summed E-state index contributed by atoms with van der Waals surface area (Å²) >= 11 is 1.58. The summed E-state index contributed by atoms with van der Waals surface area (Å²) in [4.78, 5) is 27.0. The number of hydrogen-bond donors (Lipinski definition) is 1. The Hall–Kier alpha value is -2.44. The Balaban J connectivity index is 1.51. The number of nitrogens with one attached hydrogen (secondary N) is 1. The number of thiophene rings is 1. The first-order valence-electron chi connectivity index (χ1n) is 8.18. The molecule has 0 bridgehead atoms. The van der Waals surface area contributed by atoms with Crippen LogP contribution in [-0.4, -0.2) is 43.0 Å². The van der Waals surface area contributed by atoms with Crippen LogP contribution >= 0.6 is 11.3 Å². The number of ether oxygens (including phenoxy) is 1. The second-order valence-corrected chi connectivity index (χ2v) is 6.68. The average Bonchev–Trinajstić information content (AvgIpc) is 3.16. The maximum Gasteiger partial charge on any atom is 0.248 e. The van der Waals surface area contributed by atoms with Crippen molar-refractivity contribution in [3.05, 3.63) is 58.3 Å². The average molecular weight is 356 g/mol. The monoisotopic (exact) mass is 356 g/mol. The number of amides is 2. The molecule has 2 amide bonds. The van der Waals surface area contributed by atoms with E-state index in [0.717, 1.165) is 10.4 Å². The minimum absolute atomic E-state index is 0.110. The van der Waals surface area contributed by atoms with Crippen molar-refractivity contribution < 1.29 is 14.3 Å². The summed E-state index contributed by atoms with van der Waals surface area (Å²) < 4.78 is 5.26. The molecule has 1 aromatic heterocycles. The van der Waals surface area contributed by atoms with Gasteiger partial charge in [-0.2, -0.15) is 0 Å². The van der Waals surface area contributed by atoms with Gasteiger partial charge in [-0.15, -0.1) is 11.3 Å². The molecule has 2 heterocycles. The van der Waals surface area contributed by atoms with E-state index in [0.29, 0.717) is 38.4 Å². The summed E-state index contributed by atoms with van der Waals surface area (Å²) in [5.74, 6) is -0.0653. The Morgan fingerprint density at radius 2 is 1.92 bits per heavy atom. The zero-order valence-electron chi connectivity index (χ0n) is 13.8. The van der Waals surface area contributed by atoms with Gasteiger partial charge in [0.1, 0.15) is 0 Å². The molecule has 1 N–H and O–H groups in total. The predicted octanol–water partition coefficient (Wildman–Crippen LogP) is 2.80. The summed E-state index contributed by atoms with van der Waals surface area (Å²) in [7, 11) is 0. The number of hydrogen-bond acceptors (Lipinski definition) is 4. The van der Waals surface area contributed by atoms with Crippen LogP contribution in [0.1, 0.15) is 10.4 Å². The van der Waals surface area contributed by atoms with Crippen molar-refractivity contribution >= 4 is 34.9 Å². The number of carbonyl (C=O) groups excluding carboxylic acids is 2. The maximum atomic E-state index is 12.2. The van der Waals surface area contributed by atoms with Gasteiger partial charge < -0.3 is 15.0 Å². The van der Waals surface area contributed by atoms with E-state index < -0.39 is 0 Å². The lowest BCUT2D eigenvalue weighted by Crippen LogP contribution is -2.41. The molecule has 6 heteroatoms. The molecular formula is C19H20N2O3S. The highest BCUT2D eigenvalue weighted by atomic mass is 32.1. The molecule has 1 aliphatic heterocycles. The molecule has 1 aliphatic rings. The summed E-state index contributed by atoms with van der Waals surface area (Å²) in [6, 6.07) is 11.3. The number of anilines is 1. The minimum atomic E-state index is -0.175. The first-order valence-corrected chi connectivity index (χ1v) is 9.06. The topological polar surface area (TPSA) is 58.6 Å². The second kappa shape index (κ2) is 8.60. The molecule has 130 valence electrons. The molecule has 0 atom stereocenters. The number of nitrogens with zero attached hydrogens (tertiary/aromatic N) is 1. The van der Waals surface area contributed by atoms with Crippen LogP contribution in [0.3, 0.4) is 0 Å². The highest BCUT2D eigenvalue weighted by Crippen LogP contribution is 2.13. The summed E-state index contributed by atoms with van der Waals surface area (Å²) in [6.07, 6.45) is 3.67. The third-order valence-electron chi connectivity index (χ3n) is 3.88. The Morgan fingerprint density at radius 3 is 2.60 bits per heavy atom. The molecule has 25 heavy (non-hydrogen) atoms. The van der Waals surface area contributed by atoms with Crippen LogP contribution in [0.5, 0.6) is 0 Å². The third kappa shape index (κ3) is 5.27. The Labute approximate surface area is 150 Å². The number of rotatable bonds is 5. The van der Waals surface area contributed by atoms with Gasteiger partial charge >= 0.3 is 0 Å². The Bertz CT molecular complexity index is 733. The van der Waals surface area contributed by atoms with Crippen molar-refractivity contribution in [3.63, 3.8) is 0 Å². The lowest BCUT2D eigenvalue weighted by Gasteiger charge is -2.26. The van der Waals surface area contributed by atoms with Crippen molar-refractivity contribution in [2.24, 2.45) is 0 Å². The Morgan fingerprint density at radius 1 is 1.16 bits per heavy atom. The lowest BCUT2D eigenvalue weighted by atomic mass is 10.1. The van der Waals surface area contributed by atoms with E-state index in [4.69, 9.17) is 4.74 Å². The van der Waals surface area contributed by atoms with Gasteiger partial charge in [-0.3, -0.25) is 9.59 Å². The molecule has 0 saturated carbocycles. The smallest absolute Gasteiger partial charge is 0.248 e. The van der Waals surface area contributed by atoms with E-state index in [-0.39, 0.29) is 11.8 Å². The molecule has 2 aromatic rings. The summed E-state index contributed by atoms with van der Waals surface area (Å²) in [5, 5.41) is 4.78. The Kier molecular flexibility index (Phi) is 5.98. The first-order chi connectivity index (χ1) is 12.2. The maximum absolute atomic E-state index is 12.2. The highest BCUT2D eigenvalue weighted by Gasteiger charge is 2.16. The van der Waals surface area contributed by atoms with Crippen molar-refractivity contribution in [2.75, 3.05) is 31.6 Å². The normalized spacial score (nSPS) is 14.6. The molecule has 0 unspecified atom stereocenters. The predicted molar refractivity (Wildman–Crippen MR) is 99.5 cm³/mol. The molecule has 0 aliphatic carbocycles. The van der Waals surface area contributed by atoms with Gasteiger partial charge in [0, 0.05) is 29.7 Å². The van der Waals surface area contributed by atoms with E-state index in [1.54, 1.807) is 17.4 Å². The second-order valence-electron chi connectivity index (χ2n) is 5.70. The van der Waals surface area contributed by atoms with Crippen molar-refractivity contribution in [3.8, 4) is 0 Å². The van der Waals surface area contributed by atoms with Crippen molar-refractivity contribution in [1.82, 2.24) is 4.90 Å². The number of morpholine rings is 1. The zero-order valence-corrected chi connectivity index (χ0v) is 14.6. The van der Waals surface area contributed by atoms with Crippen LogP contribution in [0.4, 0.5) is 5.69 Å². The number of carbonyl (C=O) groups is 2. The highest BCUT2D eigenvalue weighted by molar-refractivity contribution is 7.10. The van der Waals surface area contributed by atoms with E-state index in [2.05, 4.69) is 5.32 Å².